The number of hydrogen-bond acceptors (Lipinski definition) is 46. The molecular formula is C83H85I10N4O46S7-7. The van der Waals surface area contributed by atoms with Crippen molar-refractivity contribution in [2.24, 2.45) is 0 Å². The minimum atomic E-state index is -4.53. The number of nitrogens with zero attached hydrogens (tertiary/aromatic N) is 3. The van der Waals surface area contributed by atoms with Gasteiger partial charge in [0.05, 0.1) is 194 Å². The SMILES string of the molecule is CC(=O)N(C)c1c(I)c(C(=O)OCCS(=O)(=O)[O-])c(I)c(N(C)C(C)=O)c1I.CC(=O)Nc1cc(C(=O)OCCS(=O)(=O)[O-])c(I)cc1I.CC(=O)Oc1cc(C(=O)OCCS(=O)(=O)[O-])ccc1I.CC(=O)Oc1cc(I)ccc1C(=O)OCCS(=O)(=O)[O-].CN(C(=O)OC(C)(C)C)c1ccc(C(=O)OCCS(=O)(=O)[O-])cc1I.COc1cc(C(=O)OCCS(=O)(=O)[O-])ccc1I.COc1cc(I)ccc1C(=O)OCCS(=O)(=O)[O-]. The minimum absolute atomic E-state index is 0.0133. The first-order chi connectivity index (χ1) is 68.6. The molecule has 0 saturated carbocycles. The van der Waals surface area contributed by atoms with Gasteiger partial charge < -0.3 is 104 Å². The van der Waals surface area contributed by atoms with Crippen LogP contribution in [0.4, 0.5) is 27.5 Å². The molecule has 0 heterocycles. The van der Waals surface area contributed by atoms with Gasteiger partial charge in [0.25, 0.3) is 0 Å². The minimum Gasteiger partial charge on any atom is -0.748 e. The number of carbonyl (C=O) groups is 13. The zero-order valence-electron chi connectivity index (χ0n) is 79.5. The number of amides is 4. The Hall–Kier alpha value is -6.28. The Morgan fingerprint density at radius 3 is 0.953 bits per heavy atom. The molecule has 1 N–H and O–H groups in total. The van der Waals surface area contributed by atoms with Crippen LogP contribution in [0.15, 0.2) is 103 Å². The summed E-state index contributed by atoms with van der Waals surface area (Å²) in [6.07, 6.45) is -0.540. The Labute approximate surface area is 997 Å². The van der Waals surface area contributed by atoms with Crippen molar-refractivity contribution in [3.05, 3.63) is 178 Å². The summed E-state index contributed by atoms with van der Waals surface area (Å²) in [6, 6.07) is 25.8. The highest BCUT2D eigenvalue weighted by molar-refractivity contribution is 14.1. The molecule has 0 aliphatic carbocycles. The molecule has 0 fully saturated rings. The van der Waals surface area contributed by atoms with E-state index in [1.165, 1.54) is 138 Å². The highest BCUT2D eigenvalue weighted by Crippen LogP contribution is 2.43. The van der Waals surface area contributed by atoms with Gasteiger partial charge in [-0.15, -0.1) is 0 Å². The molecule has 4 amide bonds. The summed E-state index contributed by atoms with van der Waals surface area (Å²) in [7, 11) is -23.6. The van der Waals surface area contributed by atoms with Crippen molar-refractivity contribution in [2.75, 3.05) is 142 Å². The van der Waals surface area contributed by atoms with E-state index in [0.717, 1.165) is 14.3 Å². The van der Waals surface area contributed by atoms with E-state index in [4.69, 9.17) is 37.9 Å². The predicted molar refractivity (Wildman–Crippen MR) is 609 cm³/mol. The zero-order valence-corrected chi connectivity index (χ0v) is 107. The first kappa shape index (κ1) is 142. The number of methoxy groups -OCH3 is 2. The Kier molecular flexibility index (Phi) is 62.2. The van der Waals surface area contributed by atoms with Gasteiger partial charge in [-0.3, -0.25) is 28.9 Å². The van der Waals surface area contributed by atoms with Crippen molar-refractivity contribution in [1.29, 1.82) is 0 Å². The molecule has 67 heteroatoms. The quantitative estimate of drug-likeness (QED) is 0.0125. The van der Waals surface area contributed by atoms with Gasteiger partial charge in [-0.25, -0.2) is 97.3 Å². The number of anilines is 4. The normalized spacial score (nSPS) is 11.2. The van der Waals surface area contributed by atoms with E-state index < -0.39 is 223 Å². The fourth-order valence-corrected chi connectivity index (χ4v) is 21.4. The third-order valence-corrected chi connectivity index (χ3v) is 30.0. The second kappa shape index (κ2) is 65.8. The number of halogens is 10. The fourth-order valence-electron chi connectivity index (χ4n) is 9.64. The molecule has 7 aromatic rings. The van der Waals surface area contributed by atoms with Crippen molar-refractivity contribution >= 4 is 397 Å². The largest absolute Gasteiger partial charge is 0.748 e. The molecule has 150 heavy (non-hydrogen) atoms. The first-order valence-corrected chi connectivity index (χ1v) is 62.1. The number of esters is 9. The van der Waals surface area contributed by atoms with Crippen LogP contribution in [0.2, 0.25) is 0 Å². The monoisotopic (exact) mass is 3370 g/mol. The van der Waals surface area contributed by atoms with Crippen molar-refractivity contribution < 1.29 is 210 Å². The van der Waals surface area contributed by atoms with Crippen molar-refractivity contribution in [3.63, 3.8) is 0 Å². The van der Waals surface area contributed by atoms with E-state index in [9.17, 15) is 153 Å². The smallest absolute Gasteiger partial charge is 0.414 e. The zero-order chi connectivity index (χ0) is 116. The Morgan fingerprint density at radius 1 is 0.320 bits per heavy atom. The Bertz CT molecular complexity index is 6940. The van der Waals surface area contributed by atoms with Gasteiger partial charge in [-0.05, 0) is 350 Å². The summed E-state index contributed by atoms with van der Waals surface area (Å²) in [6.45, 7) is 8.08. The van der Waals surface area contributed by atoms with Gasteiger partial charge in [-0.1, -0.05) is 0 Å². The third kappa shape index (κ3) is 57.6. The lowest BCUT2D eigenvalue weighted by Crippen LogP contribution is -2.34. The third-order valence-electron chi connectivity index (χ3n) is 16.5. The lowest BCUT2D eigenvalue weighted by molar-refractivity contribution is -0.132. The average molecular weight is 3370 g/mol. The number of nitrogens with one attached hydrogen (secondary N) is 1. The molecule has 0 aliphatic rings. The van der Waals surface area contributed by atoms with Gasteiger partial charge >= 0.3 is 59.8 Å². The first-order valence-electron chi connectivity index (χ1n) is 40.2. The summed E-state index contributed by atoms with van der Waals surface area (Å²) in [5.74, 6) is -11.9. The maximum Gasteiger partial charge on any atom is 0.414 e. The number of ether oxygens (including phenoxy) is 12. The fraction of sp³-hybridized carbons (Fsp3) is 0.337. The van der Waals surface area contributed by atoms with Crippen LogP contribution in [-0.2, 0) is 133 Å². The maximum atomic E-state index is 12.6. The summed E-state index contributed by atoms with van der Waals surface area (Å²) >= 11 is 19.7. The molecule has 0 atom stereocenters. The van der Waals surface area contributed by atoms with E-state index in [-0.39, 0.29) is 68.2 Å². The molecule has 0 unspecified atom stereocenters. The second-order valence-corrected chi connectivity index (χ2v) is 51.5. The molecule has 7 aromatic carbocycles. The van der Waals surface area contributed by atoms with Gasteiger partial charge in [0.1, 0.15) is 86.0 Å². The van der Waals surface area contributed by atoms with E-state index >= 15 is 0 Å². The van der Waals surface area contributed by atoms with Crippen LogP contribution in [0.25, 0.3) is 0 Å². The van der Waals surface area contributed by atoms with E-state index in [0.29, 0.717) is 55.7 Å². The molecule has 832 valence electrons. The van der Waals surface area contributed by atoms with Crippen LogP contribution < -0.4 is 39.0 Å². The van der Waals surface area contributed by atoms with E-state index in [2.05, 4.69) is 46.9 Å². The Morgan fingerprint density at radius 2 is 0.627 bits per heavy atom. The molecule has 50 nitrogen and oxygen atoms in total. The van der Waals surface area contributed by atoms with Gasteiger partial charge in [-0.2, -0.15) is 0 Å². The van der Waals surface area contributed by atoms with Crippen LogP contribution in [0.3, 0.4) is 0 Å². The van der Waals surface area contributed by atoms with Crippen LogP contribution >= 0.6 is 226 Å². The Balaban J connectivity index is 0.000000880. The highest BCUT2D eigenvalue weighted by atomic mass is 127. The molecule has 0 saturated heterocycles. The molecule has 7 rings (SSSR count). The molecule has 0 aromatic heterocycles. The topological polar surface area (TPSA) is 755 Å². The van der Waals surface area contributed by atoms with Crippen molar-refractivity contribution in [3.8, 4) is 23.0 Å². The van der Waals surface area contributed by atoms with Crippen LogP contribution in [-0.4, -0.2) is 296 Å². The van der Waals surface area contributed by atoms with Gasteiger partial charge in [0.15, 0.2) is 0 Å². The maximum absolute atomic E-state index is 12.6. The summed E-state index contributed by atoms with van der Waals surface area (Å²) in [4.78, 5) is 156. The number of carbonyl (C=O) groups excluding carboxylic acids is 13. The molecule has 0 aliphatic heterocycles. The number of rotatable bonds is 36. The molecule has 0 bridgehead atoms. The van der Waals surface area contributed by atoms with Crippen LogP contribution in [0, 0.1) is 35.7 Å². The lowest BCUT2D eigenvalue weighted by atomic mass is 10.1. The average Bonchev–Trinajstić information content (AvgIpc) is 0.753. The summed E-state index contributed by atoms with van der Waals surface area (Å²) < 4.78 is 284. The van der Waals surface area contributed by atoms with Crippen LogP contribution in [0.5, 0.6) is 23.0 Å². The second-order valence-electron chi connectivity index (χ2n) is 29.3. The summed E-state index contributed by atoms with van der Waals surface area (Å²) in [5, 5.41) is 2.57. The van der Waals surface area contributed by atoms with Gasteiger partial charge in [0, 0.05) is 73.6 Å². The van der Waals surface area contributed by atoms with Crippen molar-refractivity contribution in [1.82, 2.24) is 0 Å². The predicted octanol–water partition coefficient (Wildman–Crippen LogP) is 9.93. The molecule has 0 radical (unpaired) electrons. The van der Waals surface area contributed by atoms with Crippen molar-refractivity contribution in [2.45, 2.75) is 61.0 Å². The number of hydrogen-bond donors (Lipinski definition) is 1. The lowest BCUT2D eigenvalue weighted by Gasteiger charge is -2.27. The molecule has 0 spiro atoms. The molecular weight excluding hydrogens is 3280 g/mol. The van der Waals surface area contributed by atoms with Gasteiger partial charge in [0.2, 0.25) is 17.7 Å². The number of benzene rings is 7. The standard InChI is InChI=1S/C15H17I3N2O7S.C15H20INO7S.C11H11I2NO6S.2C11H11IO7S.2C10H11IO6S/c1-7(21)19(3)13-10(16)9(15(23)27-5-6-28(24,25)26)11(17)14(12(13)18)20(4)8(2)22;1-15(2,3)24-14(19)17(4)12-6-5-10(9-11(12)16)13(18)23-7-8-25(20,21)22;1-6(15)14-10-4-7(8(12)5-9(10)13)11(16)20-2-3-21(17,18)19;1-7(13)19-10-6-8(12)2-3-9(10)11(14)18-4-5-20(15,16)17;1-7(13)19-10-6-8(2-3-9(10)12)11(14)18-4-5-20(15,16)17;1-16-9-6-7(11)2-3-8(9)10(12)17-4-5-18(13,14)15;1-16-9-6-7(2-3-8(9)11)10(12)17-4-5-18(13,14)15/h5-6H2,1-4H3,(H,24,25,26);5-6,9H,7-8H2,1-4H3,(H,20,21,22);4-5H,2-3H2,1H3,(H,14,15)(H,17,18,19);2*2-3,6H,4-5H2,1H3,(H,15,16,17);2*2-3,6H,4-5H2,1H3,(H,13,14,15)/p-7. The highest BCUT2D eigenvalue weighted by Gasteiger charge is 2.32. The van der Waals surface area contributed by atoms with E-state index in [1.807, 2.05) is 203 Å². The van der Waals surface area contributed by atoms with Crippen LogP contribution in [0.1, 0.15) is 128 Å². The summed E-state index contributed by atoms with van der Waals surface area (Å²) in [5.41, 5.74) is 2.10. The van der Waals surface area contributed by atoms with E-state index in [1.54, 1.807) is 70.3 Å².